The molecule has 0 aliphatic rings. The molecule has 0 rings (SSSR count). The van der Waals surface area contributed by atoms with E-state index in [1.54, 1.807) is 0 Å². The summed E-state index contributed by atoms with van der Waals surface area (Å²) in [6, 6.07) is 0.586. The Labute approximate surface area is 64.4 Å². The van der Waals surface area contributed by atoms with Crippen LogP contribution < -0.4 is 10.6 Å². The number of hydrogen-bond acceptors (Lipinski definition) is 2. The molecule has 2 nitrogen and oxygen atoms in total. The predicted octanol–water partition coefficient (Wildman–Crippen LogP) is 0.982. The molecule has 0 radical (unpaired) electrons. The van der Waals surface area contributed by atoms with Gasteiger partial charge in [-0.1, -0.05) is 0 Å². The molecule has 0 amide bonds. The predicted molar refractivity (Wildman–Crippen MR) is 46.3 cm³/mol. The van der Waals surface area contributed by atoms with E-state index in [4.69, 9.17) is 0 Å². The first-order chi connectivity index (χ1) is 4.52. The third-order valence-corrected chi connectivity index (χ3v) is 1.99. The molecule has 0 bridgehead atoms. The summed E-state index contributed by atoms with van der Waals surface area (Å²) in [5, 5.41) is 6.48. The fourth-order valence-corrected chi connectivity index (χ4v) is 0.970. The van der Waals surface area contributed by atoms with Gasteiger partial charge in [0.25, 0.3) is 0 Å². The lowest BCUT2D eigenvalue weighted by molar-refractivity contribution is 0.347. The maximum atomic E-state index is 3.27. The van der Waals surface area contributed by atoms with Crippen LogP contribution in [0.3, 0.4) is 0 Å². The van der Waals surface area contributed by atoms with Crippen LogP contribution in [0.5, 0.6) is 0 Å². The van der Waals surface area contributed by atoms with Crippen LogP contribution in [0, 0.1) is 0 Å². The normalized spacial score (nSPS) is 15.3. The Hall–Kier alpha value is -0.0800. The van der Waals surface area contributed by atoms with Crippen LogP contribution >= 0.6 is 0 Å². The summed E-state index contributed by atoms with van der Waals surface area (Å²) in [7, 11) is 4.00. The van der Waals surface area contributed by atoms with Gasteiger partial charge in [-0.25, -0.2) is 0 Å². The van der Waals surface area contributed by atoms with Crippen molar-refractivity contribution in [3.63, 3.8) is 0 Å². The summed E-state index contributed by atoms with van der Waals surface area (Å²) < 4.78 is 0. The van der Waals surface area contributed by atoms with E-state index < -0.39 is 0 Å². The number of hydrogen-bond donors (Lipinski definition) is 2. The minimum atomic E-state index is 0.252. The Morgan fingerprint density at radius 3 is 2.10 bits per heavy atom. The first kappa shape index (κ1) is 9.92. The summed E-state index contributed by atoms with van der Waals surface area (Å²) in [5.74, 6) is 0. The minimum Gasteiger partial charge on any atom is -0.317 e. The van der Waals surface area contributed by atoms with Gasteiger partial charge in [-0.2, -0.15) is 0 Å². The van der Waals surface area contributed by atoms with E-state index in [0.717, 1.165) is 6.42 Å². The Morgan fingerprint density at radius 1 is 1.30 bits per heavy atom. The molecule has 2 heteroatoms. The van der Waals surface area contributed by atoms with Gasteiger partial charge in [0.05, 0.1) is 0 Å². The molecule has 0 saturated carbocycles. The molecular formula is C8H20N2. The molecule has 0 saturated heterocycles. The fourth-order valence-electron chi connectivity index (χ4n) is 0.970. The van der Waals surface area contributed by atoms with Crippen LogP contribution in [0.25, 0.3) is 0 Å². The molecule has 62 valence electrons. The van der Waals surface area contributed by atoms with Crippen molar-refractivity contribution in [2.45, 2.75) is 38.8 Å². The van der Waals surface area contributed by atoms with Gasteiger partial charge in [0, 0.05) is 11.6 Å². The molecule has 1 atom stereocenters. The second-order valence-electron chi connectivity index (χ2n) is 3.53. The zero-order valence-electron chi connectivity index (χ0n) is 7.78. The van der Waals surface area contributed by atoms with Gasteiger partial charge in [-0.15, -0.1) is 0 Å². The molecule has 0 fully saturated rings. The zero-order chi connectivity index (χ0) is 8.20. The smallest absolute Gasteiger partial charge is 0.0136 e. The van der Waals surface area contributed by atoms with E-state index in [1.165, 1.54) is 0 Å². The highest BCUT2D eigenvalue weighted by Gasteiger charge is 2.16. The third kappa shape index (κ3) is 3.85. The second kappa shape index (κ2) is 3.94. The Morgan fingerprint density at radius 2 is 1.80 bits per heavy atom. The van der Waals surface area contributed by atoms with Crippen molar-refractivity contribution in [2.75, 3.05) is 14.1 Å². The maximum Gasteiger partial charge on any atom is 0.0136 e. The van der Waals surface area contributed by atoms with Crippen molar-refractivity contribution in [3.8, 4) is 0 Å². The lowest BCUT2D eigenvalue weighted by Crippen LogP contribution is -2.41. The summed E-state index contributed by atoms with van der Waals surface area (Å²) in [6.45, 7) is 6.61. The summed E-state index contributed by atoms with van der Waals surface area (Å²) in [5.41, 5.74) is 0.252. The van der Waals surface area contributed by atoms with Gasteiger partial charge in [0.15, 0.2) is 0 Å². The van der Waals surface area contributed by atoms with Crippen LogP contribution in [0.4, 0.5) is 0 Å². The molecule has 2 N–H and O–H groups in total. The van der Waals surface area contributed by atoms with E-state index in [1.807, 2.05) is 14.1 Å². The van der Waals surface area contributed by atoms with Crippen LogP contribution in [0.15, 0.2) is 0 Å². The van der Waals surface area contributed by atoms with E-state index in [-0.39, 0.29) is 5.54 Å². The van der Waals surface area contributed by atoms with Crippen molar-refractivity contribution in [2.24, 2.45) is 0 Å². The van der Waals surface area contributed by atoms with Gasteiger partial charge in [0.1, 0.15) is 0 Å². The highest BCUT2D eigenvalue weighted by Crippen LogP contribution is 2.09. The largest absolute Gasteiger partial charge is 0.317 e. The molecule has 0 aromatic heterocycles. The molecule has 0 aliphatic carbocycles. The van der Waals surface area contributed by atoms with Gasteiger partial charge in [0.2, 0.25) is 0 Å². The minimum absolute atomic E-state index is 0.252. The Balaban J connectivity index is 3.64. The Bertz CT molecular complexity index is 89.3. The van der Waals surface area contributed by atoms with Gasteiger partial charge >= 0.3 is 0 Å². The van der Waals surface area contributed by atoms with Gasteiger partial charge < -0.3 is 10.6 Å². The number of nitrogens with one attached hydrogen (secondary N) is 2. The Kier molecular flexibility index (Phi) is 3.91. The van der Waals surface area contributed by atoms with E-state index >= 15 is 0 Å². The van der Waals surface area contributed by atoms with Crippen molar-refractivity contribution in [1.82, 2.24) is 10.6 Å². The molecule has 0 spiro atoms. The van der Waals surface area contributed by atoms with Crippen molar-refractivity contribution in [3.05, 3.63) is 0 Å². The first-order valence-electron chi connectivity index (χ1n) is 3.88. The van der Waals surface area contributed by atoms with Gasteiger partial charge in [-0.05, 0) is 41.3 Å². The van der Waals surface area contributed by atoms with E-state index in [9.17, 15) is 0 Å². The summed E-state index contributed by atoms with van der Waals surface area (Å²) in [6.07, 6.45) is 1.15. The SMILES string of the molecule is CNC(C)CC(C)(C)NC. The monoisotopic (exact) mass is 144 g/mol. The van der Waals surface area contributed by atoms with Crippen LogP contribution in [0.2, 0.25) is 0 Å². The van der Waals surface area contributed by atoms with Crippen LogP contribution in [-0.2, 0) is 0 Å². The molecule has 0 heterocycles. The number of rotatable bonds is 4. The lowest BCUT2D eigenvalue weighted by Gasteiger charge is -2.27. The highest BCUT2D eigenvalue weighted by atomic mass is 14.9. The molecule has 10 heavy (non-hydrogen) atoms. The first-order valence-corrected chi connectivity index (χ1v) is 3.88. The average molecular weight is 144 g/mol. The van der Waals surface area contributed by atoms with E-state index in [0.29, 0.717) is 6.04 Å². The average Bonchev–Trinajstić information content (AvgIpc) is 1.87. The van der Waals surface area contributed by atoms with Crippen LogP contribution in [0.1, 0.15) is 27.2 Å². The summed E-state index contributed by atoms with van der Waals surface area (Å²) in [4.78, 5) is 0. The standard InChI is InChI=1S/C8H20N2/c1-7(9-4)6-8(2,3)10-5/h7,9-10H,6H2,1-5H3. The van der Waals surface area contributed by atoms with E-state index in [2.05, 4.69) is 31.4 Å². The van der Waals surface area contributed by atoms with Crippen molar-refractivity contribution in [1.29, 1.82) is 0 Å². The third-order valence-electron chi connectivity index (χ3n) is 1.99. The van der Waals surface area contributed by atoms with Crippen LogP contribution in [-0.4, -0.2) is 25.7 Å². The molecule has 0 aromatic carbocycles. The fraction of sp³-hybridized carbons (Fsp3) is 1.00. The topological polar surface area (TPSA) is 24.1 Å². The zero-order valence-corrected chi connectivity index (χ0v) is 7.78. The highest BCUT2D eigenvalue weighted by molar-refractivity contribution is 4.79. The maximum absolute atomic E-state index is 3.27. The van der Waals surface area contributed by atoms with Crippen molar-refractivity contribution < 1.29 is 0 Å². The quantitative estimate of drug-likeness (QED) is 0.614. The molecular weight excluding hydrogens is 124 g/mol. The lowest BCUT2D eigenvalue weighted by atomic mass is 9.96. The van der Waals surface area contributed by atoms with Gasteiger partial charge in [-0.3, -0.25) is 0 Å². The summed E-state index contributed by atoms with van der Waals surface area (Å²) >= 11 is 0. The molecule has 1 unspecified atom stereocenters. The van der Waals surface area contributed by atoms with Crippen molar-refractivity contribution >= 4 is 0 Å². The second-order valence-corrected chi connectivity index (χ2v) is 3.53. The molecule has 0 aromatic rings. The molecule has 0 aliphatic heterocycles.